The molecule has 0 fully saturated rings. The highest BCUT2D eigenvalue weighted by molar-refractivity contribution is 5.78. The summed E-state index contributed by atoms with van der Waals surface area (Å²) in [5, 5.41) is 0. The SMILES string of the molecule is Cc1cc(C)cc(-c2cn(-c3c(C(C)C)cc(-c4ccccc4)cc3C(C)C)c(-c3cccc(-c4cccc(-c5ccccc5)c4)c3)n2)c1. The van der Waals surface area contributed by atoms with Crippen LogP contribution in [0.2, 0.25) is 0 Å². The Labute approximate surface area is 291 Å². The zero-order chi connectivity index (χ0) is 34.1. The second kappa shape index (κ2) is 13.6. The van der Waals surface area contributed by atoms with E-state index in [1.165, 1.54) is 61.3 Å². The van der Waals surface area contributed by atoms with Crippen molar-refractivity contribution in [1.82, 2.24) is 9.55 Å². The van der Waals surface area contributed by atoms with Gasteiger partial charge in [0, 0.05) is 17.3 Å². The molecule has 7 aromatic rings. The Bertz CT molecular complexity index is 2190. The first-order valence-corrected chi connectivity index (χ1v) is 17.4. The van der Waals surface area contributed by atoms with E-state index < -0.39 is 0 Å². The maximum atomic E-state index is 5.45. The van der Waals surface area contributed by atoms with Gasteiger partial charge in [-0.3, -0.25) is 4.57 Å². The summed E-state index contributed by atoms with van der Waals surface area (Å²) in [6, 6.07) is 50.6. The molecule has 0 amide bonds. The van der Waals surface area contributed by atoms with Gasteiger partial charge in [0.25, 0.3) is 0 Å². The number of hydrogen-bond acceptors (Lipinski definition) is 1. The van der Waals surface area contributed by atoms with Crippen LogP contribution < -0.4 is 0 Å². The van der Waals surface area contributed by atoms with Crippen molar-refractivity contribution in [2.75, 3.05) is 0 Å². The first kappa shape index (κ1) is 32.1. The number of benzene rings is 6. The Hall–Kier alpha value is -5.47. The molecule has 1 heterocycles. The van der Waals surface area contributed by atoms with Gasteiger partial charge in [0.05, 0.1) is 11.4 Å². The third-order valence-corrected chi connectivity index (χ3v) is 9.41. The summed E-state index contributed by atoms with van der Waals surface area (Å²) in [5.41, 5.74) is 16.9. The third-order valence-electron chi connectivity index (χ3n) is 9.41. The average Bonchev–Trinajstić information content (AvgIpc) is 3.57. The highest BCUT2D eigenvalue weighted by atomic mass is 15.1. The smallest absolute Gasteiger partial charge is 0.145 e. The highest BCUT2D eigenvalue weighted by Gasteiger charge is 2.23. The van der Waals surface area contributed by atoms with Crippen molar-refractivity contribution in [2.24, 2.45) is 0 Å². The van der Waals surface area contributed by atoms with Crippen LogP contribution in [0.3, 0.4) is 0 Å². The maximum Gasteiger partial charge on any atom is 0.145 e. The Kier molecular flexibility index (Phi) is 8.89. The number of aryl methyl sites for hydroxylation is 2. The van der Waals surface area contributed by atoms with E-state index in [-0.39, 0.29) is 0 Å². The lowest BCUT2D eigenvalue weighted by molar-refractivity contribution is 0.807. The van der Waals surface area contributed by atoms with E-state index in [2.05, 4.69) is 192 Å². The van der Waals surface area contributed by atoms with Crippen molar-refractivity contribution in [2.45, 2.75) is 53.4 Å². The lowest BCUT2D eigenvalue weighted by Gasteiger charge is -2.24. The molecule has 0 saturated heterocycles. The van der Waals surface area contributed by atoms with Crippen LogP contribution in [0.15, 0.2) is 146 Å². The van der Waals surface area contributed by atoms with Gasteiger partial charge >= 0.3 is 0 Å². The molecule has 0 spiro atoms. The standard InChI is InChI=1S/C47H44N2/c1-31(2)43-28-41(36-17-11-8-12-18-36)29-44(32(3)4)46(43)49-30-45(42-24-33(5)23-34(6)25-42)48-47(49)40-22-14-21-39(27-40)38-20-13-19-37(26-38)35-15-9-7-10-16-35/h7-32H,1-6H3. The Morgan fingerprint density at radius 3 is 1.41 bits per heavy atom. The second-order valence-electron chi connectivity index (χ2n) is 13.9. The van der Waals surface area contributed by atoms with Crippen molar-refractivity contribution in [3.05, 3.63) is 168 Å². The normalized spacial score (nSPS) is 11.4. The van der Waals surface area contributed by atoms with Crippen LogP contribution in [0.5, 0.6) is 0 Å². The number of nitrogens with zero attached hydrogens (tertiary/aromatic N) is 2. The van der Waals surface area contributed by atoms with E-state index in [9.17, 15) is 0 Å². The molecule has 0 radical (unpaired) electrons. The van der Waals surface area contributed by atoms with Crippen LogP contribution in [0.4, 0.5) is 0 Å². The van der Waals surface area contributed by atoms with E-state index in [0.717, 1.165) is 22.6 Å². The molecule has 0 aliphatic rings. The van der Waals surface area contributed by atoms with Crippen LogP contribution in [0, 0.1) is 13.8 Å². The molecule has 0 atom stereocenters. The minimum Gasteiger partial charge on any atom is -0.299 e. The average molecular weight is 637 g/mol. The summed E-state index contributed by atoms with van der Waals surface area (Å²) in [7, 11) is 0. The molecule has 6 aromatic carbocycles. The van der Waals surface area contributed by atoms with E-state index in [0.29, 0.717) is 11.8 Å². The fourth-order valence-electron chi connectivity index (χ4n) is 7.00. The number of aromatic nitrogens is 2. The molecule has 2 heteroatoms. The van der Waals surface area contributed by atoms with Crippen LogP contribution >= 0.6 is 0 Å². The van der Waals surface area contributed by atoms with Gasteiger partial charge in [-0.25, -0.2) is 4.98 Å². The van der Waals surface area contributed by atoms with Crippen molar-refractivity contribution in [3.63, 3.8) is 0 Å². The van der Waals surface area contributed by atoms with Crippen molar-refractivity contribution < 1.29 is 0 Å². The van der Waals surface area contributed by atoms with Crippen LogP contribution in [0.1, 0.15) is 61.8 Å². The third kappa shape index (κ3) is 6.65. The van der Waals surface area contributed by atoms with E-state index in [4.69, 9.17) is 4.98 Å². The molecule has 0 saturated carbocycles. The quantitative estimate of drug-likeness (QED) is 0.162. The molecule has 0 bridgehead atoms. The molecule has 49 heavy (non-hydrogen) atoms. The van der Waals surface area contributed by atoms with Gasteiger partial charge in [0.2, 0.25) is 0 Å². The van der Waals surface area contributed by atoms with Crippen LogP contribution in [-0.2, 0) is 0 Å². The number of rotatable bonds is 8. The molecule has 7 rings (SSSR count). The van der Waals surface area contributed by atoms with Gasteiger partial charge in [-0.15, -0.1) is 0 Å². The summed E-state index contributed by atoms with van der Waals surface area (Å²) in [5.74, 6) is 1.57. The van der Waals surface area contributed by atoms with E-state index in [1.54, 1.807) is 0 Å². The van der Waals surface area contributed by atoms with Gasteiger partial charge in [-0.1, -0.05) is 142 Å². The maximum absolute atomic E-state index is 5.45. The largest absolute Gasteiger partial charge is 0.299 e. The minimum absolute atomic E-state index is 0.308. The van der Waals surface area contributed by atoms with Gasteiger partial charge < -0.3 is 0 Å². The predicted octanol–water partition coefficient (Wildman–Crippen LogP) is 13.1. The monoisotopic (exact) mass is 636 g/mol. The zero-order valence-corrected chi connectivity index (χ0v) is 29.4. The first-order valence-electron chi connectivity index (χ1n) is 17.4. The lowest BCUT2D eigenvalue weighted by atomic mass is 9.88. The molecule has 0 N–H and O–H groups in total. The Morgan fingerprint density at radius 1 is 0.429 bits per heavy atom. The lowest BCUT2D eigenvalue weighted by Crippen LogP contribution is -2.08. The highest BCUT2D eigenvalue weighted by Crippen LogP contribution is 2.40. The van der Waals surface area contributed by atoms with E-state index in [1.807, 2.05) is 0 Å². The van der Waals surface area contributed by atoms with Gasteiger partial charge in [-0.2, -0.15) is 0 Å². The summed E-state index contributed by atoms with van der Waals surface area (Å²) < 4.78 is 2.38. The van der Waals surface area contributed by atoms with Crippen molar-refractivity contribution in [3.8, 4) is 61.7 Å². The molecule has 0 aliphatic carbocycles. The first-order chi connectivity index (χ1) is 23.7. The zero-order valence-electron chi connectivity index (χ0n) is 29.4. The van der Waals surface area contributed by atoms with Gasteiger partial charge in [0.1, 0.15) is 5.82 Å². The number of hydrogen-bond donors (Lipinski definition) is 0. The van der Waals surface area contributed by atoms with Crippen molar-refractivity contribution >= 4 is 0 Å². The van der Waals surface area contributed by atoms with Gasteiger partial charge in [0.15, 0.2) is 0 Å². The topological polar surface area (TPSA) is 17.8 Å². The summed E-state index contributed by atoms with van der Waals surface area (Å²) in [4.78, 5) is 5.45. The second-order valence-corrected chi connectivity index (χ2v) is 13.9. The minimum atomic E-state index is 0.308. The molecular formula is C47H44N2. The summed E-state index contributed by atoms with van der Waals surface area (Å²) in [6.07, 6.45) is 2.27. The molecule has 0 aliphatic heterocycles. The van der Waals surface area contributed by atoms with Crippen LogP contribution in [-0.4, -0.2) is 9.55 Å². The number of imidazole rings is 1. The van der Waals surface area contributed by atoms with Gasteiger partial charge in [-0.05, 0) is 107 Å². The molecule has 1 aromatic heterocycles. The predicted molar refractivity (Wildman–Crippen MR) is 208 cm³/mol. The summed E-state index contributed by atoms with van der Waals surface area (Å²) >= 11 is 0. The summed E-state index contributed by atoms with van der Waals surface area (Å²) in [6.45, 7) is 13.5. The molecule has 0 unspecified atom stereocenters. The molecule has 2 nitrogen and oxygen atoms in total. The van der Waals surface area contributed by atoms with Crippen LogP contribution in [0.25, 0.3) is 61.7 Å². The fraction of sp³-hybridized carbons (Fsp3) is 0.170. The molecule has 242 valence electrons. The van der Waals surface area contributed by atoms with E-state index >= 15 is 0 Å². The Morgan fingerprint density at radius 2 is 0.878 bits per heavy atom. The Balaban J connectivity index is 1.45. The fourth-order valence-corrected chi connectivity index (χ4v) is 7.00. The molecular weight excluding hydrogens is 593 g/mol. The van der Waals surface area contributed by atoms with Crippen molar-refractivity contribution in [1.29, 1.82) is 0 Å².